The maximum atomic E-state index is 5.36. The molecule has 0 saturated heterocycles. The number of thioether (sulfide) groups is 1. The Kier molecular flexibility index (Phi) is 5.87. The Balaban J connectivity index is 1.99. The highest BCUT2D eigenvalue weighted by Gasteiger charge is 2.08. The Morgan fingerprint density at radius 3 is 3.10 bits per heavy atom. The zero-order chi connectivity index (χ0) is 14.4. The molecule has 1 heterocycles. The minimum atomic E-state index is 0.693. The second-order valence-electron chi connectivity index (χ2n) is 3.79. The van der Waals surface area contributed by atoms with Crippen molar-refractivity contribution < 1.29 is 4.74 Å². The van der Waals surface area contributed by atoms with Gasteiger partial charge in [-0.25, -0.2) is 0 Å². The van der Waals surface area contributed by atoms with E-state index in [0.29, 0.717) is 6.54 Å². The number of nitrogens with zero attached hydrogens (tertiary/aromatic N) is 2. The SMILES string of the molecule is C=CCNc1nnc(SCc2cc(Br)ccc2OC)s1. The average Bonchev–Trinajstić information content (AvgIpc) is 2.91. The van der Waals surface area contributed by atoms with Crippen molar-refractivity contribution in [3.63, 3.8) is 0 Å². The first kappa shape index (κ1) is 15.3. The summed E-state index contributed by atoms with van der Waals surface area (Å²) in [5.74, 6) is 1.67. The predicted molar refractivity (Wildman–Crippen MR) is 88.9 cm³/mol. The quantitative estimate of drug-likeness (QED) is 0.583. The number of hydrogen-bond acceptors (Lipinski definition) is 6. The highest BCUT2D eigenvalue weighted by atomic mass is 79.9. The van der Waals surface area contributed by atoms with Crippen molar-refractivity contribution in [2.45, 2.75) is 10.1 Å². The van der Waals surface area contributed by atoms with E-state index in [-0.39, 0.29) is 0 Å². The van der Waals surface area contributed by atoms with Crippen molar-refractivity contribution >= 4 is 44.2 Å². The van der Waals surface area contributed by atoms with Crippen LogP contribution in [0.25, 0.3) is 0 Å². The fourth-order valence-electron chi connectivity index (χ4n) is 1.50. The predicted octanol–water partition coefficient (Wildman–Crippen LogP) is 4.20. The minimum Gasteiger partial charge on any atom is -0.496 e. The van der Waals surface area contributed by atoms with Crippen LogP contribution in [-0.4, -0.2) is 23.9 Å². The number of ether oxygens (including phenoxy) is 1. The van der Waals surface area contributed by atoms with Gasteiger partial charge in [0.1, 0.15) is 5.75 Å². The maximum Gasteiger partial charge on any atom is 0.206 e. The van der Waals surface area contributed by atoms with Gasteiger partial charge in [-0.15, -0.1) is 16.8 Å². The van der Waals surface area contributed by atoms with Crippen molar-refractivity contribution in [2.24, 2.45) is 0 Å². The molecule has 0 unspecified atom stereocenters. The van der Waals surface area contributed by atoms with Crippen molar-refractivity contribution in [3.8, 4) is 5.75 Å². The molecule has 0 aliphatic heterocycles. The molecule has 0 aliphatic rings. The number of nitrogens with one attached hydrogen (secondary N) is 1. The summed E-state index contributed by atoms with van der Waals surface area (Å²) < 4.78 is 7.33. The highest BCUT2D eigenvalue weighted by molar-refractivity contribution is 9.10. The standard InChI is InChI=1S/C13H14BrN3OS2/c1-3-6-15-12-16-17-13(20-12)19-8-9-7-10(14)4-5-11(9)18-2/h3-5,7H,1,6,8H2,2H3,(H,15,16). The molecule has 1 N–H and O–H groups in total. The number of methoxy groups -OCH3 is 1. The van der Waals surface area contributed by atoms with E-state index in [2.05, 4.69) is 44.1 Å². The lowest BCUT2D eigenvalue weighted by molar-refractivity contribution is 0.411. The molecule has 2 rings (SSSR count). The zero-order valence-corrected chi connectivity index (χ0v) is 14.1. The Morgan fingerprint density at radius 1 is 1.50 bits per heavy atom. The Labute approximate surface area is 134 Å². The fourth-order valence-corrected chi connectivity index (χ4v) is 3.64. The third kappa shape index (κ3) is 4.22. The molecule has 106 valence electrons. The van der Waals surface area contributed by atoms with Gasteiger partial charge in [-0.1, -0.05) is 45.1 Å². The van der Waals surface area contributed by atoms with Crippen LogP contribution < -0.4 is 10.1 Å². The van der Waals surface area contributed by atoms with Gasteiger partial charge in [0.15, 0.2) is 4.34 Å². The lowest BCUT2D eigenvalue weighted by Gasteiger charge is -2.07. The van der Waals surface area contributed by atoms with Crippen molar-refractivity contribution in [2.75, 3.05) is 19.0 Å². The average molecular weight is 372 g/mol. The number of anilines is 1. The van der Waals surface area contributed by atoms with E-state index in [1.807, 2.05) is 12.1 Å². The molecular formula is C13H14BrN3OS2. The van der Waals surface area contributed by atoms with Crippen LogP contribution in [0.3, 0.4) is 0 Å². The van der Waals surface area contributed by atoms with Gasteiger partial charge in [0.05, 0.1) is 7.11 Å². The molecule has 0 fully saturated rings. The van der Waals surface area contributed by atoms with E-state index < -0.39 is 0 Å². The monoisotopic (exact) mass is 371 g/mol. The van der Waals surface area contributed by atoms with Crippen LogP contribution >= 0.6 is 39.0 Å². The molecule has 7 heteroatoms. The smallest absolute Gasteiger partial charge is 0.206 e. The topological polar surface area (TPSA) is 47.0 Å². The molecular weight excluding hydrogens is 358 g/mol. The van der Waals surface area contributed by atoms with Gasteiger partial charge in [-0.2, -0.15) is 0 Å². The molecule has 0 atom stereocenters. The summed E-state index contributed by atoms with van der Waals surface area (Å²) >= 11 is 6.66. The Hall–Kier alpha value is -1.05. The molecule has 1 aromatic heterocycles. The van der Waals surface area contributed by atoms with Crippen molar-refractivity contribution in [1.29, 1.82) is 0 Å². The van der Waals surface area contributed by atoms with Crippen LogP contribution in [-0.2, 0) is 5.75 Å². The van der Waals surface area contributed by atoms with Gasteiger partial charge >= 0.3 is 0 Å². The first-order valence-electron chi connectivity index (χ1n) is 5.86. The number of halogens is 1. The van der Waals surface area contributed by atoms with Crippen LogP contribution in [0.5, 0.6) is 5.75 Å². The molecule has 0 radical (unpaired) electrons. The number of aromatic nitrogens is 2. The summed E-state index contributed by atoms with van der Waals surface area (Å²) in [6, 6.07) is 5.98. The molecule has 0 aliphatic carbocycles. The summed E-state index contributed by atoms with van der Waals surface area (Å²) in [6.07, 6.45) is 1.79. The van der Waals surface area contributed by atoms with E-state index in [9.17, 15) is 0 Å². The van der Waals surface area contributed by atoms with Crippen LogP contribution in [0.15, 0.2) is 39.7 Å². The Morgan fingerprint density at radius 2 is 2.35 bits per heavy atom. The molecule has 0 saturated carbocycles. The van der Waals surface area contributed by atoms with Crippen molar-refractivity contribution in [1.82, 2.24) is 10.2 Å². The van der Waals surface area contributed by atoms with Gasteiger partial charge in [-0.05, 0) is 18.2 Å². The maximum absolute atomic E-state index is 5.36. The van der Waals surface area contributed by atoms with Crippen LogP contribution in [0, 0.1) is 0 Å². The fraction of sp³-hybridized carbons (Fsp3) is 0.231. The Bertz CT molecular complexity index is 589. The normalized spacial score (nSPS) is 10.3. The third-order valence-electron chi connectivity index (χ3n) is 2.40. The third-order valence-corrected chi connectivity index (χ3v) is 4.95. The van der Waals surface area contributed by atoms with Crippen LogP contribution in [0.4, 0.5) is 5.13 Å². The second-order valence-corrected chi connectivity index (χ2v) is 6.90. The number of benzene rings is 1. The van der Waals surface area contributed by atoms with Gasteiger partial charge in [0.2, 0.25) is 5.13 Å². The zero-order valence-electron chi connectivity index (χ0n) is 10.9. The molecule has 0 spiro atoms. The lowest BCUT2D eigenvalue weighted by Crippen LogP contribution is -1.96. The number of hydrogen-bond donors (Lipinski definition) is 1. The van der Waals surface area contributed by atoms with Crippen LogP contribution in [0.2, 0.25) is 0 Å². The van der Waals surface area contributed by atoms with Crippen molar-refractivity contribution in [3.05, 3.63) is 40.9 Å². The molecule has 2 aromatic rings. The van der Waals surface area contributed by atoms with E-state index in [1.54, 1.807) is 24.9 Å². The number of rotatable bonds is 7. The summed E-state index contributed by atoms with van der Waals surface area (Å²) in [6.45, 7) is 4.35. The summed E-state index contributed by atoms with van der Waals surface area (Å²) in [7, 11) is 1.68. The van der Waals surface area contributed by atoms with Gasteiger partial charge in [-0.3, -0.25) is 0 Å². The largest absolute Gasteiger partial charge is 0.496 e. The molecule has 0 bridgehead atoms. The van der Waals surface area contributed by atoms with E-state index >= 15 is 0 Å². The van der Waals surface area contributed by atoms with E-state index in [4.69, 9.17) is 4.74 Å². The summed E-state index contributed by atoms with van der Waals surface area (Å²) in [5.41, 5.74) is 1.13. The minimum absolute atomic E-state index is 0.693. The first-order valence-corrected chi connectivity index (χ1v) is 8.46. The summed E-state index contributed by atoms with van der Waals surface area (Å²) in [4.78, 5) is 0. The van der Waals surface area contributed by atoms with Gasteiger partial charge in [0, 0.05) is 22.3 Å². The van der Waals surface area contributed by atoms with E-state index in [0.717, 1.165) is 31.0 Å². The van der Waals surface area contributed by atoms with Gasteiger partial charge in [0.25, 0.3) is 0 Å². The molecule has 4 nitrogen and oxygen atoms in total. The highest BCUT2D eigenvalue weighted by Crippen LogP contribution is 2.32. The summed E-state index contributed by atoms with van der Waals surface area (Å²) in [5, 5.41) is 12.2. The molecule has 20 heavy (non-hydrogen) atoms. The van der Waals surface area contributed by atoms with Gasteiger partial charge < -0.3 is 10.1 Å². The lowest BCUT2D eigenvalue weighted by atomic mass is 10.2. The second kappa shape index (κ2) is 7.66. The molecule has 0 amide bonds. The first-order chi connectivity index (χ1) is 9.72. The van der Waals surface area contributed by atoms with Crippen LogP contribution in [0.1, 0.15) is 5.56 Å². The van der Waals surface area contributed by atoms with E-state index in [1.165, 1.54) is 11.3 Å². The molecule has 1 aromatic carbocycles.